The maximum atomic E-state index is 13.5. The van der Waals surface area contributed by atoms with Gasteiger partial charge in [-0.3, -0.25) is 4.72 Å². The van der Waals surface area contributed by atoms with E-state index in [-0.39, 0.29) is 11.4 Å². The summed E-state index contributed by atoms with van der Waals surface area (Å²) in [6.07, 6.45) is 0. The molecule has 8 heteroatoms. The fourth-order valence-electron chi connectivity index (χ4n) is 1.64. The molecule has 0 saturated heterocycles. The second-order valence-corrected chi connectivity index (χ2v) is 5.68. The molecule has 0 heterocycles. The third kappa shape index (κ3) is 3.27. The first-order valence-electron chi connectivity index (χ1n) is 5.65. The van der Waals surface area contributed by atoms with Crippen molar-refractivity contribution in [2.75, 3.05) is 11.8 Å². The minimum absolute atomic E-state index is 0.0670. The van der Waals surface area contributed by atoms with Crippen molar-refractivity contribution < 1.29 is 26.3 Å². The number of rotatable bonds is 4. The molecule has 0 amide bonds. The summed E-state index contributed by atoms with van der Waals surface area (Å²) < 4.78 is 70.4. The van der Waals surface area contributed by atoms with Gasteiger partial charge in [0.25, 0.3) is 10.0 Å². The molecule has 112 valence electrons. The normalized spacial score (nSPS) is 11.2. The molecule has 0 aromatic heterocycles. The molecule has 0 fully saturated rings. The molecular formula is C13H10F3NO3S. The Labute approximate surface area is 119 Å². The largest absolute Gasteiger partial charge is 0.494 e. The lowest BCUT2D eigenvalue weighted by Crippen LogP contribution is -2.15. The molecule has 0 aliphatic carbocycles. The Bertz CT molecular complexity index is 778. The lowest BCUT2D eigenvalue weighted by Gasteiger charge is -2.12. The first-order chi connectivity index (χ1) is 9.83. The van der Waals surface area contributed by atoms with E-state index in [0.717, 1.165) is 30.3 Å². The average molecular weight is 317 g/mol. The predicted octanol–water partition coefficient (Wildman–Crippen LogP) is 2.91. The van der Waals surface area contributed by atoms with Gasteiger partial charge in [-0.1, -0.05) is 0 Å². The van der Waals surface area contributed by atoms with Crippen molar-refractivity contribution in [1.82, 2.24) is 0 Å². The zero-order chi connectivity index (χ0) is 15.6. The summed E-state index contributed by atoms with van der Waals surface area (Å²) in [5.41, 5.74) is -0.0670. The van der Waals surface area contributed by atoms with Crippen LogP contribution in [0, 0.1) is 17.5 Å². The van der Waals surface area contributed by atoms with Crippen LogP contribution >= 0.6 is 0 Å². The molecular weight excluding hydrogens is 307 g/mol. The number of sulfonamides is 1. The second kappa shape index (κ2) is 5.65. The summed E-state index contributed by atoms with van der Waals surface area (Å²) in [5, 5.41) is 0. The first-order valence-corrected chi connectivity index (χ1v) is 7.13. The lowest BCUT2D eigenvalue weighted by molar-refractivity contribution is 0.413. The summed E-state index contributed by atoms with van der Waals surface area (Å²) in [5.74, 6) is -2.82. The number of ether oxygens (including phenoxy) is 1. The maximum Gasteiger partial charge on any atom is 0.264 e. The number of hydrogen-bond acceptors (Lipinski definition) is 3. The molecule has 2 aromatic carbocycles. The molecule has 0 bridgehead atoms. The van der Waals surface area contributed by atoms with Crippen LogP contribution in [0.25, 0.3) is 0 Å². The Kier molecular flexibility index (Phi) is 4.08. The average Bonchev–Trinajstić information content (AvgIpc) is 2.40. The number of benzene rings is 2. The van der Waals surface area contributed by atoms with Gasteiger partial charge in [0, 0.05) is 12.1 Å². The number of halogens is 3. The van der Waals surface area contributed by atoms with Crippen LogP contribution in [-0.4, -0.2) is 15.5 Å². The highest BCUT2D eigenvalue weighted by atomic mass is 32.2. The molecule has 0 radical (unpaired) electrons. The van der Waals surface area contributed by atoms with E-state index in [1.807, 2.05) is 0 Å². The molecule has 21 heavy (non-hydrogen) atoms. The Hall–Kier alpha value is -2.22. The van der Waals surface area contributed by atoms with Crippen molar-refractivity contribution in [1.29, 1.82) is 0 Å². The topological polar surface area (TPSA) is 55.4 Å². The van der Waals surface area contributed by atoms with E-state index in [1.54, 1.807) is 0 Å². The van der Waals surface area contributed by atoms with E-state index < -0.39 is 32.4 Å². The first kappa shape index (κ1) is 15.2. The Balaban J connectivity index is 2.42. The molecule has 2 aromatic rings. The van der Waals surface area contributed by atoms with Crippen LogP contribution < -0.4 is 9.46 Å². The van der Waals surface area contributed by atoms with Crippen LogP contribution in [0.2, 0.25) is 0 Å². The number of anilines is 1. The van der Waals surface area contributed by atoms with Gasteiger partial charge in [0.1, 0.15) is 28.1 Å². The van der Waals surface area contributed by atoms with Gasteiger partial charge in [-0.25, -0.2) is 21.6 Å². The summed E-state index contributed by atoms with van der Waals surface area (Å²) in [6.45, 7) is 0. The zero-order valence-corrected chi connectivity index (χ0v) is 11.5. The second-order valence-electron chi connectivity index (χ2n) is 4.02. The molecule has 0 aliphatic rings. The van der Waals surface area contributed by atoms with Gasteiger partial charge in [0.2, 0.25) is 0 Å². The van der Waals surface area contributed by atoms with E-state index >= 15 is 0 Å². The number of nitrogens with one attached hydrogen (secondary N) is 1. The zero-order valence-electron chi connectivity index (χ0n) is 10.7. The number of methoxy groups -OCH3 is 1. The minimum Gasteiger partial charge on any atom is -0.494 e. The Morgan fingerprint density at radius 2 is 1.62 bits per heavy atom. The molecule has 4 nitrogen and oxygen atoms in total. The van der Waals surface area contributed by atoms with Gasteiger partial charge in [-0.2, -0.15) is 0 Å². The Morgan fingerprint density at radius 3 is 2.24 bits per heavy atom. The van der Waals surface area contributed by atoms with Gasteiger partial charge in [-0.15, -0.1) is 0 Å². The summed E-state index contributed by atoms with van der Waals surface area (Å²) in [4.78, 5) is -0.727. The van der Waals surface area contributed by atoms with Crippen molar-refractivity contribution in [3.8, 4) is 5.75 Å². The van der Waals surface area contributed by atoms with Gasteiger partial charge >= 0.3 is 0 Å². The highest BCUT2D eigenvalue weighted by Crippen LogP contribution is 2.28. The predicted molar refractivity (Wildman–Crippen MR) is 70.1 cm³/mol. The quantitative estimate of drug-likeness (QED) is 0.943. The highest BCUT2D eigenvalue weighted by molar-refractivity contribution is 7.92. The van der Waals surface area contributed by atoms with Crippen LogP contribution in [-0.2, 0) is 10.0 Å². The molecule has 1 N–H and O–H groups in total. The van der Waals surface area contributed by atoms with Crippen LogP contribution in [0.3, 0.4) is 0 Å². The monoisotopic (exact) mass is 317 g/mol. The lowest BCUT2D eigenvalue weighted by atomic mass is 10.3. The van der Waals surface area contributed by atoms with Crippen LogP contribution in [0.15, 0.2) is 41.3 Å². The van der Waals surface area contributed by atoms with E-state index in [9.17, 15) is 21.6 Å². The highest BCUT2D eigenvalue weighted by Gasteiger charge is 2.21. The van der Waals surface area contributed by atoms with Gasteiger partial charge in [0.05, 0.1) is 12.8 Å². The van der Waals surface area contributed by atoms with E-state index in [4.69, 9.17) is 4.74 Å². The fourth-order valence-corrected chi connectivity index (χ4v) is 2.77. The fraction of sp³-hybridized carbons (Fsp3) is 0.0769. The van der Waals surface area contributed by atoms with Crippen molar-refractivity contribution in [3.63, 3.8) is 0 Å². The smallest absolute Gasteiger partial charge is 0.264 e. The molecule has 0 saturated carbocycles. The van der Waals surface area contributed by atoms with Gasteiger partial charge < -0.3 is 4.74 Å². The molecule has 0 unspecified atom stereocenters. The van der Waals surface area contributed by atoms with E-state index in [2.05, 4.69) is 4.72 Å². The van der Waals surface area contributed by atoms with Crippen LogP contribution in [0.4, 0.5) is 18.9 Å². The third-order valence-corrected chi connectivity index (χ3v) is 3.99. The molecule has 2 rings (SSSR count). The van der Waals surface area contributed by atoms with Crippen molar-refractivity contribution in [2.45, 2.75) is 4.90 Å². The van der Waals surface area contributed by atoms with E-state index in [1.165, 1.54) is 7.11 Å². The minimum atomic E-state index is -4.30. The summed E-state index contributed by atoms with van der Waals surface area (Å²) in [7, 11) is -3.07. The van der Waals surface area contributed by atoms with Crippen molar-refractivity contribution in [3.05, 3.63) is 53.8 Å². The summed E-state index contributed by atoms with van der Waals surface area (Å²) >= 11 is 0. The van der Waals surface area contributed by atoms with Crippen molar-refractivity contribution in [2.24, 2.45) is 0 Å². The van der Waals surface area contributed by atoms with Gasteiger partial charge in [0.15, 0.2) is 0 Å². The van der Waals surface area contributed by atoms with Gasteiger partial charge in [-0.05, 0) is 24.3 Å². The third-order valence-electron chi connectivity index (χ3n) is 2.59. The summed E-state index contributed by atoms with van der Waals surface area (Å²) in [6, 6.07) is 5.19. The van der Waals surface area contributed by atoms with Crippen molar-refractivity contribution >= 4 is 15.7 Å². The molecule has 0 atom stereocenters. The van der Waals surface area contributed by atoms with E-state index in [0.29, 0.717) is 6.07 Å². The molecule has 0 spiro atoms. The maximum absolute atomic E-state index is 13.5. The Morgan fingerprint density at radius 1 is 1.00 bits per heavy atom. The van der Waals surface area contributed by atoms with Crippen LogP contribution in [0.5, 0.6) is 5.75 Å². The number of hydrogen-bond donors (Lipinski definition) is 1. The standard InChI is InChI=1S/C13H10F3NO3S/c1-20-12-7-9(15)2-4-11(12)17-21(18,19)13-5-3-8(14)6-10(13)16/h2-7,17H,1H3. The SMILES string of the molecule is COc1cc(F)ccc1NS(=O)(=O)c1ccc(F)cc1F. The molecule has 0 aliphatic heterocycles. The van der Waals surface area contributed by atoms with Crippen LogP contribution in [0.1, 0.15) is 0 Å².